The van der Waals surface area contributed by atoms with E-state index in [1.54, 1.807) is 25.2 Å². The van der Waals surface area contributed by atoms with E-state index in [-0.39, 0.29) is 23.0 Å². The van der Waals surface area contributed by atoms with E-state index in [1.165, 1.54) is 11.0 Å². The van der Waals surface area contributed by atoms with Crippen LogP contribution < -0.4 is 10.1 Å². The highest BCUT2D eigenvalue weighted by molar-refractivity contribution is 6.01. The fourth-order valence-corrected chi connectivity index (χ4v) is 3.50. The van der Waals surface area contributed by atoms with Gasteiger partial charge in [-0.25, -0.2) is 4.79 Å². The highest BCUT2D eigenvalue weighted by Crippen LogP contribution is 2.45. The fourth-order valence-electron chi connectivity index (χ4n) is 3.50. The van der Waals surface area contributed by atoms with E-state index in [0.29, 0.717) is 29.7 Å². The molecule has 3 rings (SSSR count). The van der Waals surface area contributed by atoms with E-state index in [9.17, 15) is 18.4 Å². The number of para-hydroxylation sites is 1. The molecule has 2 amide bonds. The molecule has 1 heterocycles. The average molecular weight is 350 g/mol. The molecule has 1 aromatic rings. The number of rotatable bonds is 3. The van der Waals surface area contributed by atoms with E-state index >= 15 is 0 Å². The van der Waals surface area contributed by atoms with Crippen LogP contribution in [0.4, 0.5) is 13.6 Å². The van der Waals surface area contributed by atoms with Crippen molar-refractivity contribution in [3.8, 4) is 5.75 Å². The third-order valence-electron chi connectivity index (χ3n) is 4.61. The predicted molar refractivity (Wildman–Crippen MR) is 87.2 cm³/mol. The second kappa shape index (κ2) is 6.13. The van der Waals surface area contributed by atoms with Crippen molar-refractivity contribution in [3.63, 3.8) is 0 Å². The highest BCUT2D eigenvalue weighted by atomic mass is 19.3. The summed E-state index contributed by atoms with van der Waals surface area (Å²) in [6.45, 7) is 0.952. The Hall–Kier alpha value is -2.44. The van der Waals surface area contributed by atoms with Gasteiger partial charge in [-0.3, -0.25) is 4.79 Å². The first-order valence-electron chi connectivity index (χ1n) is 8.04. The lowest BCUT2D eigenvalue weighted by molar-refractivity contribution is -0.118. The monoisotopic (exact) mass is 350 g/mol. The molecule has 7 heteroatoms. The van der Waals surface area contributed by atoms with Gasteiger partial charge in [0.05, 0.1) is 6.04 Å². The number of amides is 2. The second-order valence-electron chi connectivity index (χ2n) is 7.16. The number of benzene rings is 1. The summed E-state index contributed by atoms with van der Waals surface area (Å²) in [6.07, 6.45) is 0.899. The van der Waals surface area contributed by atoms with E-state index in [2.05, 4.69) is 10.1 Å². The van der Waals surface area contributed by atoms with Crippen molar-refractivity contribution in [2.45, 2.75) is 39.3 Å². The van der Waals surface area contributed by atoms with Gasteiger partial charge in [0.15, 0.2) is 5.78 Å². The second-order valence-corrected chi connectivity index (χ2v) is 7.16. The van der Waals surface area contributed by atoms with Gasteiger partial charge in [0.25, 0.3) is 0 Å². The average Bonchev–Trinajstić information content (AvgIpc) is 2.50. The van der Waals surface area contributed by atoms with E-state index in [4.69, 9.17) is 0 Å². The number of allylic oxidation sites excluding steroid dienone is 1. The SMILES string of the molecule is CN1C(=O)N[C@H](c2ccccc2OC(F)F)C2=C1CC(C)(C)CC2=O. The molecule has 2 aliphatic rings. The molecule has 25 heavy (non-hydrogen) atoms. The van der Waals surface area contributed by atoms with Gasteiger partial charge in [0, 0.05) is 30.3 Å². The third-order valence-corrected chi connectivity index (χ3v) is 4.61. The molecule has 134 valence electrons. The van der Waals surface area contributed by atoms with E-state index in [1.807, 2.05) is 13.8 Å². The normalized spacial score (nSPS) is 22.8. The molecule has 1 aromatic carbocycles. The predicted octanol–water partition coefficient (Wildman–Crippen LogP) is 3.63. The smallest absolute Gasteiger partial charge is 0.387 e. The topological polar surface area (TPSA) is 58.6 Å². The number of hydrogen-bond acceptors (Lipinski definition) is 3. The van der Waals surface area contributed by atoms with Crippen molar-refractivity contribution in [1.82, 2.24) is 10.2 Å². The van der Waals surface area contributed by atoms with Crippen LogP contribution in [0.25, 0.3) is 0 Å². The molecule has 5 nitrogen and oxygen atoms in total. The standard InChI is InChI=1S/C18H20F2N2O3/c1-18(2)8-11-14(12(23)9-18)15(21-17(24)22(11)3)10-6-4-5-7-13(10)25-16(19)20/h4-7,15-16H,8-9H2,1-3H3,(H,21,24)/t15-/m1/s1. The van der Waals surface area contributed by atoms with Crippen LogP contribution in [0.5, 0.6) is 5.75 Å². The van der Waals surface area contributed by atoms with Gasteiger partial charge < -0.3 is 15.0 Å². The zero-order valence-electron chi connectivity index (χ0n) is 14.3. The van der Waals surface area contributed by atoms with Crippen molar-refractivity contribution in [3.05, 3.63) is 41.1 Å². The maximum absolute atomic E-state index is 12.8. The van der Waals surface area contributed by atoms with Crippen molar-refractivity contribution < 1.29 is 23.1 Å². The summed E-state index contributed by atoms with van der Waals surface area (Å²) in [5.41, 5.74) is 1.18. The highest BCUT2D eigenvalue weighted by Gasteiger charge is 2.43. The maximum Gasteiger partial charge on any atom is 0.387 e. The summed E-state index contributed by atoms with van der Waals surface area (Å²) >= 11 is 0. The molecular weight excluding hydrogens is 330 g/mol. The number of Topliss-reactive ketones (excluding diaryl/α,β-unsaturated/α-hetero) is 1. The first-order valence-corrected chi connectivity index (χ1v) is 8.04. The Morgan fingerprint density at radius 3 is 2.60 bits per heavy atom. The molecule has 0 bridgehead atoms. The summed E-state index contributed by atoms with van der Waals surface area (Å²) in [5, 5.41) is 2.74. The van der Waals surface area contributed by atoms with E-state index < -0.39 is 12.7 Å². The Morgan fingerprint density at radius 1 is 1.24 bits per heavy atom. The van der Waals surface area contributed by atoms with Crippen molar-refractivity contribution in [2.24, 2.45) is 5.41 Å². The minimum absolute atomic E-state index is 0.0446. The lowest BCUT2D eigenvalue weighted by Crippen LogP contribution is -2.49. The van der Waals surface area contributed by atoms with Gasteiger partial charge >= 0.3 is 12.6 Å². The quantitative estimate of drug-likeness (QED) is 0.906. The molecule has 0 spiro atoms. The van der Waals surface area contributed by atoms with Gasteiger partial charge in [-0.05, 0) is 17.9 Å². The number of ether oxygens (including phenoxy) is 1. The summed E-state index contributed by atoms with van der Waals surface area (Å²) in [6, 6.07) is 5.06. The number of ketones is 1. The Bertz CT molecular complexity index is 758. The molecule has 0 saturated carbocycles. The van der Waals surface area contributed by atoms with Crippen LogP contribution in [0, 0.1) is 5.41 Å². The third kappa shape index (κ3) is 3.23. The molecule has 1 N–H and O–H groups in total. The van der Waals surface area contributed by atoms with Crippen LogP contribution in [-0.2, 0) is 4.79 Å². The van der Waals surface area contributed by atoms with Gasteiger partial charge in [0.1, 0.15) is 5.75 Å². The molecule has 0 fully saturated rings. The van der Waals surface area contributed by atoms with Crippen LogP contribution in [-0.4, -0.2) is 30.4 Å². The van der Waals surface area contributed by atoms with E-state index in [0.717, 1.165) is 0 Å². The summed E-state index contributed by atoms with van der Waals surface area (Å²) in [7, 11) is 1.61. The lowest BCUT2D eigenvalue weighted by atomic mass is 9.72. The van der Waals surface area contributed by atoms with Gasteiger partial charge in [-0.15, -0.1) is 0 Å². The van der Waals surface area contributed by atoms with Gasteiger partial charge in [-0.1, -0.05) is 32.0 Å². The summed E-state index contributed by atoms with van der Waals surface area (Å²) in [4.78, 5) is 26.6. The van der Waals surface area contributed by atoms with Crippen LogP contribution in [0.1, 0.15) is 38.3 Å². The fraction of sp³-hybridized carbons (Fsp3) is 0.444. The molecule has 1 aliphatic heterocycles. The van der Waals surface area contributed by atoms with Gasteiger partial charge in [0.2, 0.25) is 0 Å². The molecule has 1 aliphatic carbocycles. The van der Waals surface area contributed by atoms with Crippen molar-refractivity contribution >= 4 is 11.8 Å². The Labute approximate surface area is 144 Å². The number of hydrogen-bond donors (Lipinski definition) is 1. The van der Waals surface area contributed by atoms with Gasteiger partial charge in [-0.2, -0.15) is 8.78 Å². The maximum atomic E-state index is 12.8. The largest absolute Gasteiger partial charge is 0.434 e. The Balaban J connectivity index is 2.12. The molecule has 0 aromatic heterocycles. The molecule has 1 atom stereocenters. The number of nitrogens with one attached hydrogen (secondary N) is 1. The number of nitrogens with zero attached hydrogens (tertiary/aromatic N) is 1. The number of carbonyl (C=O) groups excluding carboxylic acids is 2. The lowest BCUT2D eigenvalue weighted by Gasteiger charge is -2.42. The molecule has 0 saturated heterocycles. The summed E-state index contributed by atoms with van der Waals surface area (Å²) in [5.74, 6) is -0.133. The van der Waals surface area contributed by atoms with Crippen LogP contribution in [0.2, 0.25) is 0 Å². The number of halogens is 2. The minimum Gasteiger partial charge on any atom is -0.434 e. The zero-order chi connectivity index (χ0) is 18.4. The van der Waals surface area contributed by atoms with Crippen molar-refractivity contribution in [2.75, 3.05) is 7.05 Å². The Morgan fingerprint density at radius 2 is 1.92 bits per heavy atom. The summed E-state index contributed by atoms with van der Waals surface area (Å²) < 4.78 is 30.0. The van der Waals surface area contributed by atoms with Crippen LogP contribution in [0.3, 0.4) is 0 Å². The number of carbonyl (C=O) groups is 2. The first kappa shape index (κ1) is 17.4. The van der Waals surface area contributed by atoms with Crippen LogP contribution in [0.15, 0.2) is 35.5 Å². The molecule has 0 unspecified atom stereocenters. The molecule has 0 radical (unpaired) electrons. The number of urea groups is 1. The number of alkyl halides is 2. The van der Waals surface area contributed by atoms with Crippen molar-refractivity contribution in [1.29, 1.82) is 0 Å². The Kier molecular flexibility index (Phi) is 4.26. The first-order chi connectivity index (χ1) is 11.7. The molecular formula is C18H20F2N2O3. The zero-order valence-corrected chi connectivity index (χ0v) is 14.3. The van der Waals surface area contributed by atoms with Crippen LogP contribution >= 0.6 is 0 Å². The minimum atomic E-state index is -2.99.